The van der Waals surface area contributed by atoms with Crippen LogP contribution in [0.25, 0.3) is 16.9 Å². The Morgan fingerprint density at radius 1 is 1.00 bits per heavy atom. The third-order valence-electron chi connectivity index (χ3n) is 5.51. The summed E-state index contributed by atoms with van der Waals surface area (Å²) in [6.07, 6.45) is 1.82. The van der Waals surface area contributed by atoms with E-state index >= 15 is 0 Å². The number of nitrogens with one attached hydrogen (secondary N) is 1. The summed E-state index contributed by atoms with van der Waals surface area (Å²) in [5, 5.41) is 18.6. The molecule has 0 unspecified atom stereocenters. The number of ether oxygens (including phenoxy) is 1. The fourth-order valence-electron chi connectivity index (χ4n) is 3.52. The van der Waals surface area contributed by atoms with Crippen molar-refractivity contribution < 1.29 is 19.2 Å². The zero-order chi connectivity index (χ0) is 26.4. The monoisotopic (exact) mass is 499 g/mol. The molecular weight excluding hydrogens is 474 g/mol. The molecule has 0 spiro atoms. The van der Waals surface area contributed by atoms with Crippen LogP contribution in [0.5, 0.6) is 5.75 Å². The van der Waals surface area contributed by atoms with Crippen molar-refractivity contribution in [1.29, 1.82) is 0 Å². The highest BCUT2D eigenvalue weighted by Crippen LogP contribution is 2.27. The molecular formula is C27H25N5O5. The molecule has 0 fully saturated rings. The third kappa shape index (κ3) is 6.37. The van der Waals surface area contributed by atoms with Crippen LogP contribution in [-0.2, 0) is 16.0 Å². The Hall–Kier alpha value is -4.99. The first kappa shape index (κ1) is 25.1. The van der Waals surface area contributed by atoms with Crippen LogP contribution in [0.15, 0.2) is 85.1 Å². The van der Waals surface area contributed by atoms with Crippen LogP contribution in [0.1, 0.15) is 5.56 Å². The summed E-state index contributed by atoms with van der Waals surface area (Å²) in [4.78, 5) is 36.6. The maximum absolute atomic E-state index is 12.9. The summed E-state index contributed by atoms with van der Waals surface area (Å²) >= 11 is 0. The second-order valence-electron chi connectivity index (χ2n) is 8.41. The minimum Gasteiger partial charge on any atom is -0.484 e. The van der Waals surface area contributed by atoms with Crippen molar-refractivity contribution in [2.24, 2.45) is 0 Å². The molecule has 188 valence electrons. The molecule has 0 aliphatic rings. The minimum atomic E-state index is -0.461. The van der Waals surface area contributed by atoms with Gasteiger partial charge in [-0.05, 0) is 48.5 Å². The van der Waals surface area contributed by atoms with Crippen LogP contribution in [0, 0.1) is 10.1 Å². The van der Waals surface area contributed by atoms with E-state index in [1.165, 1.54) is 17.0 Å². The number of benzene rings is 3. The van der Waals surface area contributed by atoms with Gasteiger partial charge in [-0.1, -0.05) is 18.2 Å². The average molecular weight is 500 g/mol. The van der Waals surface area contributed by atoms with E-state index in [2.05, 4.69) is 10.4 Å². The molecule has 0 aliphatic heterocycles. The number of non-ortho nitro benzene ring substituents is 1. The van der Waals surface area contributed by atoms with Gasteiger partial charge in [0.05, 0.1) is 22.7 Å². The maximum Gasteiger partial charge on any atom is 0.269 e. The molecule has 37 heavy (non-hydrogen) atoms. The molecule has 0 aliphatic carbocycles. The molecule has 0 bridgehead atoms. The number of likely N-dealkylation sites (N-methyl/N-ethyl adjacent to an activating group) is 1. The number of amides is 2. The van der Waals surface area contributed by atoms with Gasteiger partial charge in [-0.15, -0.1) is 0 Å². The summed E-state index contributed by atoms with van der Waals surface area (Å²) in [5.74, 6) is 0.0993. The van der Waals surface area contributed by atoms with Crippen LogP contribution >= 0.6 is 0 Å². The summed E-state index contributed by atoms with van der Waals surface area (Å²) in [6, 6.07) is 22.3. The normalized spacial score (nSPS) is 10.5. The summed E-state index contributed by atoms with van der Waals surface area (Å²) in [7, 11) is 3.31. The molecule has 0 atom stereocenters. The SMILES string of the molecule is CN(C)C(=O)COc1ccc(NC(=O)Cc2cn(-c3ccccc3)nc2-c2ccc([N+](=O)[O-])cc2)cc1. The first-order valence-electron chi connectivity index (χ1n) is 11.4. The van der Waals surface area contributed by atoms with Gasteiger partial charge in [-0.2, -0.15) is 5.10 Å². The number of rotatable bonds is 9. The molecule has 1 N–H and O–H groups in total. The first-order chi connectivity index (χ1) is 17.8. The lowest BCUT2D eigenvalue weighted by Gasteiger charge is -2.11. The van der Waals surface area contributed by atoms with Crippen molar-refractivity contribution in [3.8, 4) is 22.7 Å². The predicted octanol–water partition coefficient (Wildman–Crippen LogP) is 4.10. The number of nitrogens with zero attached hydrogens (tertiary/aromatic N) is 4. The topological polar surface area (TPSA) is 120 Å². The van der Waals surface area contributed by atoms with Gasteiger partial charge in [0.1, 0.15) is 5.75 Å². The highest BCUT2D eigenvalue weighted by Gasteiger charge is 2.17. The Morgan fingerprint density at radius 2 is 1.68 bits per heavy atom. The standard InChI is InChI=1S/C27H25N5O5/c1-30(2)26(34)18-37-24-14-10-21(11-15-24)28-25(33)16-20-17-31(22-6-4-3-5-7-22)29-27(20)19-8-12-23(13-9-19)32(35)36/h3-15,17H,16,18H2,1-2H3,(H,28,33). The Kier molecular flexibility index (Phi) is 7.58. The lowest BCUT2D eigenvalue weighted by molar-refractivity contribution is -0.384. The van der Waals surface area contributed by atoms with Crippen molar-refractivity contribution in [2.75, 3.05) is 26.0 Å². The van der Waals surface area contributed by atoms with Crippen LogP contribution in [0.3, 0.4) is 0 Å². The number of para-hydroxylation sites is 1. The predicted molar refractivity (Wildman–Crippen MR) is 139 cm³/mol. The van der Waals surface area contributed by atoms with Crippen molar-refractivity contribution >= 4 is 23.2 Å². The second kappa shape index (κ2) is 11.2. The van der Waals surface area contributed by atoms with E-state index in [9.17, 15) is 19.7 Å². The molecule has 0 saturated carbocycles. The molecule has 2 amide bonds. The average Bonchev–Trinajstić information content (AvgIpc) is 3.32. The van der Waals surface area contributed by atoms with Crippen molar-refractivity contribution in [3.05, 3.63) is 101 Å². The quantitative estimate of drug-likeness (QED) is 0.274. The number of anilines is 1. The number of carbonyl (C=O) groups excluding carboxylic acids is 2. The molecule has 0 saturated heterocycles. The molecule has 4 aromatic rings. The summed E-state index contributed by atoms with van der Waals surface area (Å²) in [6.45, 7) is -0.0739. The van der Waals surface area contributed by atoms with E-state index in [4.69, 9.17) is 4.74 Å². The van der Waals surface area contributed by atoms with E-state index in [0.29, 0.717) is 28.3 Å². The van der Waals surface area contributed by atoms with Crippen molar-refractivity contribution in [1.82, 2.24) is 14.7 Å². The zero-order valence-corrected chi connectivity index (χ0v) is 20.3. The first-order valence-corrected chi connectivity index (χ1v) is 11.4. The Balaban J connectivity index is 1.51. The van der Waals surface area contributed by atoms with Crippen LogP contribution in [-0.4, -0.2) is 52.1 Å². The van der Waals surface area contributed by atoms with E-state index in [-0.39, 0.29) is 30.5 Å². The Morgan fingerprint density at radius 3 is 2.30 bits per heavy atom. The summed E-state index contributed by atoms with van der Waals surface area (Å²) < 4.78 is 7.14. The molecule has 1 heterocycles. The lowest BCUT2D eigenvalue weighted by atomic mass is 10.1. The minimum absolute atomic E-state index is 0.0240. The molecule has 1 aromatic heterocycles. The number of carbonyl (C=O) groups is 2. The molecule has 10 nitrogen and oxygen atoms in total. The van der Waals surface area contributed by atoms with Gasteiger partial charge in [-0.3, -0.25) is 19.7 Å². The van der Waals surface area contributed by atoms with Crippen LogP contribution in [0.2, 0.25) is 0 Å². The van der Waals surface area contributed by atoms with Gasteiger partial charge < -0.3 is 15.0 Å². The molecule has 0 radical (unpaired) electrons. The fraction of sp³-hybridized carbons (Fsp3) is 0.148. The largest absolute Gasteiger partial charge is 0.484 e. The number of nitro groups is 1. The van der Waals surface area contributed by atoms with Gasteiger partial charge in [0, 0.05) is 49.2 Å². The van der Waals surface area contributed by atoms with E-state index in [1.54, 1.807) is 61.4 Å². The lowest BCUT2D eigenvalue weighted by Crippen LogP contribution is -2.27. The number of hydrogen-bond donors (Lipinski definition) is 1. The van der Waals surface area contributed by atoms with E-state index < -0.39 is 4.92 Å². The molecule has 10 heteroatoms. The molecule has 4 rings (SSSR count). The number of hydrogen-bond acceptors (Lipinski definition) is 6. The van der Waals surface area contributed by atoms with Crippen molar-refractivity contribution in [2.45, 2.75) is 6.42 Å². The second-order valence-corrected chi connectivity index (χ2v) is 8.41. The number of nitro benzene ring substituents is 1. The van der Waals surface area contributed by atoms with Crippen LogP contribution < -0.4 is 10.1 Å². The maximum atomic E-state index is 12.9. The van der Waals surface area contributed by atoms with E-state index in [0.717, 1.165) is 5.69 Å². The summed E-state index contributed by atoms with van der Waals surface area (Å²) in [5.41, 5.74) is 3.26. The Labute approximate surface area is 213 Å². The van der Waals surface area contributed by atoms with Gasteiger partial charge in [0.25, 0.3) is 11.6 Å². The van der Waals surface area contributed by atoms with Gasteiger partial charge in [0.2, 0.25) is 5.91 Å². The highest BCUT2D eigenvalue weighted by atomic mass is 16.6. The van der Waals surface area contributed by atoms with E-state index in [1.807, 2.05) is 30.3 Å². The van der Waals surface area contributed by atoms with Gasteiger partial charge >= 0.3 is 0 Å². The third-order valence-corrected chi connectivity index (χ3v) is 5.51. The highest BCUT2D eigenvalue weighted by molar-refractivity contribution is 5.93. The smallest absolute Gasteiger partial charge is 0.269 e. The molecule has 3 aromatic carbocycles. The van der Waals surface area contributed by atoms with Gasteiger partial charge in [0.15, 0.2) is 6.61 Å². The number of aromatic nitrogens is 2. The fourth-order valence-corrected chi connectivity index (χ4v) is 3.52. The Bertz CT molecular complexity index is 1400. The van der Waals surface area contributed by atoms with Gasteiger partial charge in [-0.25, -0.2) is 4.68 Å². The zero-order valence-electron chi connectivity index (χ0n) is 20.3. The van der Waals surface area contributed by atoms with Crippen molar-refractivity contribution in [3.63, 3.8) is 0 Å². The van der Waals surface area contributed by atoms with Crippen LogP contribution in [0.4, 0.5) is 11.4 Å².